The van der Waals surface area contributed by atoms with Crippen molar-refractivity contribution >= 4 is 5.69 Å². The van der Waals surface area contributed by atoms with Gasteiger partial charge in [0.1, 0.15) is 5.82 Å². The van der Waals surface area contributed by atoms with Crippen LogP contribution in [0.25, 0.3) is 0 Å². The van der Waals surface area contributed by atoms with Crippen LogP contribution in [0.2, 0.25) is 0 Å². The van der Waals surface area contributed by atoms with E-state index in [1.54, 1.807) is 0 Å². The summed E-state index contributed by atoms with van der Waals surface area (Å²) >= 11 is 0. The number of nitro benzene ring substituents is 1. The molecule has 1 aromatic rings. The number of rotatable bonds is 5. The van der Waals surface area contributed by atoms with Crippen molar-refractivity contribution in [2.45, 2.75) is 44.2 Å². The molecule has 0 aromatic heterocycles. The summed E-state index contributed by atoms with van der Waals surface area (Å²) in [6.45, 7) is 0.185. The number of halogens is 1. The van der Waals surface area contributed by atoms with Crippen LogP contribution in [0.4, 0.5) is 10.1 Å². The molecule has 110 valence electrons. The maximum atomic E-state index is 13.3. The van der Waals surface area contributed by atoms with Crippen LogP contribution in [0.3, 0.4) is 0 Å². The van der Waals surface area contributed by atoms with Gasteiger partial charge in [-0.2, -0.15) is 0 Å². The fourth-order valence-corrected chi connectivity index (χ4v) is 2.78. The first-order valence-corrected chi connectivity index (χ1v) is 6.85. The fourth-order valence-electron chi connectivity index (χ4n) is 2.78. The van der Waals surface area contributed by atoms with Crippen LogP contribution in [0.5, 0.6) is 0 Å². The molecule has 5 nitrogen and oxygen atoms in total. The molecule has 1 aliphatic carbocycles. The van der Waals surface area contributed by atoms with Gasteiger partial charge in [-0.15, -0.1) is 0 Å². The molecular weight excluding hydrogens is 263 g/mol. The third kappa shape index (κ3) is 3.32. The van der Waals surface area contributed by atoms with Crippen molar-refractivity contribution in [1.29, 1.82) is 0 Å². The number of hydrogen-bond acceptors (Lipinski definition) is 4. The molecule has 1 fully saturated rings. The van der Waals surface area contributed by atoms with Crippen molar-refractivity contribution in [1.82, 2.24) is 5.32 Å². The van der Waals surface area contributed by atoms with Crippen LogP contribution in [0, 0.1) is 15.9 Å². The van der Waals surface area contributed by atoms with Crippen molar-refractivity contribution in [3.05, 3.63) is 39.7 Å². The molecule has 0 spiro atoms. The monoisotopic (exact) mass is 282 g/mol. The molecule has 0 saturated heterocycles. The summed E-state index contributed by atoms with van der Waals surface area (Å²) in [7, 11) is 0. The highest BCUT2D eigenvalue weighted by atomic mass is 19.1. The van der Waals surface area contributed by atoms with E-state index in [1.807, 2.05) is 0 Å². The Labute approximate surface area is 117 Å². The molecule has 6 heteroatoms. The van der Waals surface area contributed by atoms with Gasteiger partial charge in [0.05, 0.1) is 11.5 Å². The van der Waals surface area contributed by atoms with Crippen molar-refractivity contribution < 1.29 is 14.4 Å². The molecule has 0 bridgehead atoms. The van der Waals surface area contributed by atoms with Gasteiger partial charge in [-0.25, -0.2) is 4.39 Å². The quantitative estimate of drug-likeness (QED) is 0.642. The van der Waals surface area contributed by atoms with E-state index in [1.165, 1.54) is 12.1 Å². The molecule has 0 amide bonds. The Balaban J connectivity index is 2.13. The Morgan fingerprint density at radius 2 is 2.05 bits per heavy atom. The third-order valence-electron chi connectivity index (χ3n) is 4.01. The summed E-state index contributed by atoms with van der Waals surface area (Å²) in [4.78, 5) is 10.4. The average Bonchev–Trinajstić information content (AvgIpc) is 2.46. The van der Waals surface area contributed by atoms with Crippen LogP contribution in [0.15, 0.2) is 18.2 Å². The predicted octanol–water partition coefficient (Wildman–Crippen LogP) is 2.52. The minimum Gasteiger partial charge on any atom is -0.394 e. The van der Waals surface area contributed by atoms with Crippen LogP contribution < -0.4 is 5.32 Å². The maximum Gasteiger partial charge on any atom is 0.274 e. The summed E-state index contributed by atoms with van der Waals surface area (Å²) < 4.78 is 13.3. The van der Waals surface area contributed by atoms with Crippen molar-refractivity contribution in [2.24, 2.45) is 0 Å². The SMILES string of the molecule is O=[N+]([O-])c1ccc(F)cc1CNC1(CO)CCCCC1. The number of nitrogens with zero attached hydrogens (tertiary/aromatic N) is 1. The van der Waals surface area contributed by atoms with Crippen LogP contribution in [0.1, 0.15) is 37.7 Å². The number of hydrogen-bond donors (Lipinski definition) is 2. The van der Waals surface area contributed by atoms with E-state index >= 15 is 0 Å². The van der Waals surface area contributed by atoms with E-state index in [0.717, 1.165) is 38.2 Å². The minimum absolute atomic E-state index is 0.00386. The van der Waals surface area contributed by atoms with Crippen molar-refractivity contribution in [2.75, 3.05) is 6.61 Å². The normalized spacial score (nSPS) is 17.9. The molecule has 20 heavy (non-hydrogen) atoms. The first kappa shape index (κ1) is 14.9. The zero-order valence-corrected chi connectivity index (χ0v) is 11.3. The largest absolute Gasteiger partial charge is 0.394 e. The maximum absolute atomic E-state index is 13.3. The highest BCUT2D eigenvalue weighted by molar-refractivity contribution is 5.40. The molecule has 0 heterocycles. The molecule has 0 radical (unpaired) electrons. The Hall–Kier alpha value is -1.53. The number of benzene rings is 1. The summed E-state index contributed by atoms with van der Waals surface area (Å²) in [6, 6.07) is 3.45. The summed E-state index contributed by atoms with van der Waals surface area (Å²) in [5.41, 5.74) is -0.172. The van der Waals surface area contributed by atoms with Gasteiger partial charge in [-0.05, 0) is 25.0 Å². The average molecular weight is 282 g/mol. The smallest absolute Gasteiger partial charge is 0.274 e. The van der Waals surface area contributed by atoms with Gasteiger partial charge in [-0.1, -0.05) is 19.3 Å². The molecule has 2 rings (SSSR count). The standard InChI is InChI=1S/C14H19FN2O3/c15-12-4-5-13(17(19)20)11(8-12)9-16-14(10-18)6-2-1-3-7-14/h4-5,8,16,18H,1-3,6-7,9-10H2. The summed E-state index contributed by atoms with van der Waals surface area (Å²) in [5, 5.41) is 23.7. The van der Waals surface area contributed by atoms with Crippen LogP contribution in [-0.4, -0.2) is 22.2 Å². The number of aliphatic hydroxyl groups excluding tert-OH is 1. The van der Waals surface area contributed by atoms with E-state index < -0.39 is 16.3 Å². The van der Waals surface area contributed by atoms with Gasteiger partial charge < -0.3 is 10.4 Å². The zero-order valence-electron chi connectivity index (χ0n) is 11.3. The lowest BCUT2D eigenvalue weighted by Crippen LogP contribution is -2.49. The van der Waals surface area contributed by atoms with E-state index in [9.17, 15) is 19.6 Å². The molecule has 0 unspecified atom stereocenters. The Bertz CT molecular complexity index is 487. The lowest BCUT2D eigenvalue weighted by Gasteiger charge is -2.36. The lowest BCUT2D eigenvalue weighted by atomic mass is 9.82. The highest BCUT2D eigenvalue weighted by Gasteiger charge is 2.31. The number of nitro groups is 1. The second-order valence-corrected chi connectivity index (χ2v) is 5.38. The third-order valence-corrected chi connectivity index (χ3v) is 4.01. The van der Waals surface area contributed by atoms with Gasteiger partial charge in [0.2, 0.25) is 0 Å². The second kappa shape index (κ2) is 6.28. The summed E-state index contributed by atoms with van der Waals surface area (Å²) in [6.07, 6.45) is 4.88. The lowest BCUT2D eigenvalue weighted by molar-refractivity contribution is -0.385. The Morgan fingerprint density at radius 3 is 2.65 bits per heavy atom. The molecule has 0 aliphatic heterocycles. The molecule has 1 saturated carbocycles. The molecule has 1 aliphatic rings. The second-order valence-electron chi connectivity index (χ2n) is 5.38. The first-order valence-electron chi connectivity index (χ1n) is 6.85. The number of nitrogens with one attached hydrogen (secondary N) is 1. The van der Waals surface area contributed by atoms with Crippen molar-refractivity contribution in [3.8, 4) is 0 Å². The van der Waals surface area contributed by atoms with E-state index in [-0.39, 0.29) is 18.8 Å². The zero-order chi connectivity index (χ0) is 14.6. The van der Waals surface area contributed by atoms with Gasteiger partial charge in [0, 0.05) is 23.7 Å². The molecule has 1 aromatic carbocycles. The van der Waals surface area contributed by atoms with Gasteiger partial charge in [0.15, 0.2) is 0 Å². The van der Waals surface area contributed by atoms with Gasteiger partial charge in [-0.3, -0.25) is 10.1 Å². The van der Waals surface area contributed by atoms with Crippen LogP contribution >= 0.6 is 0 Å². The van der Waals surface area contributed by atoms with E-state index in [0.29, 0.717) is 5.56 Å². The topological polar surface area (TPSA) is 75.4 Å². The number of aliphatic hydroxyl groups is 1. The van der Waals surface area contributed by atoms with Gasteiger partial charge >= 0.3 is 0 Å². The van der Waals surface area contributed by atoms with Gasteiger partial charge in [0.25, 0.3) is 5.69 Å². The van der Waals surface area contributed by atoms with Crippen LogP contribution in [-0.2, 0) is 6.54 Å². The van der Waals surface area contributed by atoms with E-state index in [2.05, 4.69) is 5.32 Å². The fraction of sp³-hybridized carbons (Fsp3) is 0.571. The summed E-state index contributed by atoms with van der Waals surface area (Å²) in [5.74, 6) is -0.492. The predicted molar refractivity (Wildman–Crippen MR) is 72.8 cm³/mol. The molecule has 0 atom stereocenters. The van der Waals surface area contributed by atoms with E-state index in [4.69, 9.17) is 0 Å². The Morgan fingerprint density at radius 1 is 1.35 bits per heavy atom. The van der Waals surface area contributed by atoms with Crippen molar-refractivity contribution in [3.63, 3.8) is 0 Å². The highest BCUT2D eigenvalue weighted by Crippen LogP contribution is 2.29. The minimum atomic E-state index is -0.511. The molecule has 2 N–H and O–H groups in total. The first-order chi connectivity index (χ1) is 9.56. The Kier molecular flexibility index (Phi) is 4.67. The molecular formula is C14H19FN2O3.